The van der Waals surface area contributed by atoms with E-state index in [1.807, 2.05) is 140 Å². The minimum absolute atomic E-state index is 0.0142. The molecule has 1 saturated carbocycles. The first-order valence-electron chi connectivity index (χ1n) is 34.6. The van der Waals surface area contributed by atoms with Gasteiger partial charge in [0.25, 0.3) is 0 Å². The van der Waals surface area contributed by atoms with Gasteiger partial charge in [-0.1, -0.05) is 80.4 Å². The lowest BCUT2D eigenvalue weighted by molar-refractivity contribution is -0.175. The van der Waals surface area contributed by atoms with E-state index in [1.165, 1.54) is 40.8 Å². The lowest BCUT2D eigenvalue weighted by Crippen LogP contribution is -2.46. The highest BCUT2D eigenvalue weighted by atomic mass is 16.8. The lowest BCUT2D eigenvalue weighted by atomic mass is 10.1. The maximum atomic E-state index is 13.9. The van der Waals surface area contributed by atoms with Gasteiger partial charge in [0.2, 0.25) is 5.79 Å². The van der Waals surface area contributed by atoms with E-state index in [1.54, 1.807) is 27.7 Å². The van der Waals surface area contributed by atoms with E-state index >= 15 is 0 Å². The maximum absolute atomic E-state index is 13.9. The number of hydrazone groups is 2. The van der Waals surface area contributed by atoms with Crippen LogP contribution in [0.3, 0.4) is 0 Å². The second kappa shape index (κ2) is 33.8. The van der Waals surface area contributed by atoms with E-state index in [-0.39, 0.29) is 68.8 Å². The molecule has 5 atom stereocenters. The summed E-state index contributed by atoms with van der Waals surface area (Å²) in [7, 11) is 0. The molecule has 0 amide bonds. The van der Waals surface area contributed by atoms with Gasteiger partial charge in [0.1, 0.15) is 67.8 Å². The van der Waals surface area contributed by atoms with E-state index in [0.29, 0.717) is 99.3 Å². The number of benzene rings is 6. The number of aromatic nitrogens is 6. The van der Waals surface area contributed by atoms with Crippen LogP contribution < -0.4 is 51.3 Å². The molecular weight excluding hydrogens is 1280 g/mol. The van der Waals surface area contributed by atoms with Gasteiger partial charge in [0.15, 0.2) is 0 Å². The third-order valence-corrected chi connectivity index (χ3v) is 19.1. The first-order chi connectivity index (χ1) is 49.5. The summed E-state index contributed by atoms with van der Waals surface area (Å²) in [6, 6.07) is 50.6. The predicted molar refractivity (Wildman–Crippen MR) is 388 cm³/mol. The number of anilines is 4. The Morgan fingerprint density at radius 2 is 1.30 bits per heavy atom. The molecule has 0 bridgehead atoms. The van der Waals surface area contributed by atoms with Crippen LogP contribution >= 0.6 is 0 Å². The van der Waals surface area contributed by atoms with Gasteiger partial charge in [-0.05, 0) is 129 Å². The van der Waals surface area contributed by atoms with Crippen molar-refractivity contribution in [2.24, 2.45) is 16.1 Å². The van der Waals surface area contributed by atoms with Crippen LogP contribution in [0.4, 0.5) is 22.7 Å². The molecule has 101 heavy (non-hydrogen) atoms. The summed E-state index contributed by atoms with van der Waals surface area (Å²) in [5, 5.41) is 64.4. The Labute approximate surface area is 586 Å². The minimum Gasteiger partial charge on any atom is -0.491 e. The Morgan fingerprint density at radius 1 is 0.723 bits per heavy atom. The molecule has 4 aliphatic rings. The number of nitrogens with one attached hydrogen (secondary N) is 4. The number of nitrogens with zero attached hydrogens (tertiary/aromatic N) is 14. The van der Waals surface area contributed by atoms with Crippen LogP contribution in [0.2, 0.25) is 0 Å². The zero-order valence-corrected chi connectivity index (χ0v) is 56.8. The maximum Gasteiger partial charge on any atom is 0.350 e. The van der Waals surface area contributed by atoms with Crippen LogP contribution in [0.15, 0.2) is 178 Å². The Kier molecular flexibility index (Phi) is 23.4. The fourth-order valence-electron chi connectivity index (χ4n) is 13.5. The van der Waals surface area contributed by atoms with Crippen LogP contribution in [-0.2, 0) is 26.5 Å². The van der Waals surface area contributed by atoms with Crippen molar-refractivity contribution in [2.75, 3.05) is 111 Å². The van der Waals surface area contributed by atoms with E-state index in [0.717, 1.165) is 71.7 Å². The number of piperazine rings is 2. The molecule has 4 fully saturated rings. The normalized spacial score (nSPS) is 18.2. The number of hydrogen-bond donors (Lipinski definition) is 5. The quantitative estimate of drug-likeness (QED) is 0.0195. The number of rotatable bonds is 32. The van der Waals surface area contributed by atoms with Crippen LogP contribution in [0.5, 0.6) is 11.5 Å². The highest BCUT2D eigenvalue weighted by Crippen LogP contribution is 2.36. The summed E-state index contributed by atoms with van der Waals surface area (Å²) >= 11 is 0. The highest BCUT2D eigenvalue weighted by Gasteiger charge is 2.44. The molecule has 2 aromatic heterocycles. The van der Waals surface area contributed by atoms with Crippen LogP contribution in [-0.4, -0.2) is 162 Å². The largest absolute Gasteiger partial charge is 0.491 e. The van der Waals surface area contributed by atoms with Crippen molar-refractivity contribution in [1.82, 2.24) is 39.5 Å². The SMILES string of the molecule is CCC(CCC(=N)/C=N\NCC(O[C@@H](CO)COc1ccc(N2CCN(c3ccc(-n4cnn(CC5CCCC5)c4=O)cc3)CC2)c(C#N)c1)c1ccccc1)n1ncn(-c2ccc(N3CCN(c4ccc(OC[C@@H]5CO[C@@](CN/N=C\C=N)(c6ccccc6)O5)cc4C#N)CC3)cc2)c1=O. The molecule has 8 aromatic rings. The van der Waals surface area contributed by atoms with E-state index in [9.17, 15) is 25.2 Å². The zero-order valence-electron chi connectivity index (χ0n) is 56.8. The summed E-state index contributed by atoms with van der Waals surface area (Å²) in [5.41, 5.74) is 13.7. The summed E-state index contributed by atoms with van der Waals surface area (Å²) in [5.74, 6) is 0.459. The number of aliphatic hydroxyl groups excluding tert-OH is 1. The van der Waals surface area contributed by atoms with E-state index in [2.05, 4.69) is 63.0 Å². The topological polar surface area (TPSA) is 303 Å². The number of aliphatic hydroxyl groups is 1. The molecule has 2 unspecified atom stereocenters. The summed E-state index contributed by atoms with van der Waals surface area (Å²) in [6.07, 6.45) is 11.6. The van der Waals surface area contributed by atoms with Crippen molar-refractivity contribution < 1.29 is 28.8 Å². The minimum atomic E-state index is -1.09. The predicted octanol–water partition coefficient (Wildman–Crippen LogP) is 8.36. The number of ether oxygens (including phenoxy) is 5. The average Bonchev–Trinajstić information content (AvgIpc) is 1.71. The molecular formula is C75H86N18O8. The first kappa shape index (κ1) is 70.0. The van der Waals surface area contributed by atoms with Gasteiger partial charge < -0.3 is 70.1 Å². The Morgan fingerprint density at radius 3 is 1.89 bits per heavy atom. The van der Waals surface area contributed by atoms with Crippen molar-refractivity contribution in [2.45, 2.75) is 88.6 Å². The molecule has 0 radical (unpaired) electrons. The Hall–Kier alpha value is -10.9. The fraction of sp³-hybridized carbons (Fsp3) is 0.387. The molecule has 3 aliphatic heterocycles. The summed E-state index contributed by atoms with van der Waals surface area (Å²) in [4.78, 5) is 36.1. The molecule has 12 rings (SSSR count). The average molecular weight is 1370 g/mol. The standard InChI is InChI=1S/C75H86N18O8/c1-2-61(93-74(96)91(54-85-93)65-25-21-63(22-26-65)87-35-39-89(40-36-87)71-30-28-67(42-58(71)44-78)98-50-69-51-99-75(101-69,52-83-80-32-31-76)59-15-7-4-8-16-59)18-17-60(79)45-81-82-46-72(56-13-5-3-6-14-56)100-68(48-94)49-97-66-27-29-70(57(41-66)43-77)88-37-33-86(34-38-88)62-19-23-64(24-20-62)90-53-84-92(73(90)95)47-55-11-9-10-12-55/h3-8,13-16,19-32,41-42,45,53-55,61,68-69,72,76,79,82-83,94H,2,9-12,17-18,33-40,46-52H2,1H3/b76-31?,79-60?,80-32-,81-45-/t61?,68-,69+,72?,75+/m0/s1. The van der Waals surface area contributed by atoms with Gasteiger partial charge in [-0.25, -0.2) is 28.1 Å². The van der Waals surface area contributed by atoms with Crippen molar-refractivity contribution in [3.8, 4) is 35.0 Å². The van der Waals surface area contributed by atoms with Gasteiger partial charge in [0, 0.05) is 82.1 Å². The van der Waals surface area contributed by atoms with Crippen LogP contribution in [0.1, 0.15) is 86.3 Å². The van der Waals surface area contributed by atoms with E-state index in [4.69, 9.17) is 34.5 Å². The monoisotopic (exact) mass is 1370 g/mol. The van der Waals surface area contributed by atoms with Crippen LogP contribution in [0.25, 0.3) is 11.4 Å². The molecule has 5 heterocycles. The Balaban J connectivity index is 0.573. The molecule has 3 saturated heterocycles. The van der Waals surface area contributed by atoms with Gasteiger partial charge >= 0.3 is 11.4 Å². The van der Waals surface area contributed by atoms with Gasteiger partial charge in [-0.3, -0.25) is 0 Å². The third-order valence-electron chi connectivity index (χ3n) is 19.1. The highest BCUT2D eigenvalue weighted by molar-refractivity contribution is 6.28. The molecule has 26 heteroatoms. The summed E-state index contributed by atoms with van der Waals surface area (Å²) in [6.45, 7) is 9.00. The van der Waals surface area contributed by atoms with Crippen molar-refractivity contribution in [3.05, 3.63) is 201 Å². The number of nitriles is 2. The zero-order chi connectivity index (χ0) is 69.9. The molecule has 0 spiro atoms. The Bertz CT molecular complexity index is 4320. The second-order valence-electron chi connectivity index (χ2n) is 25.6. The molecule has 26 nitrogen and oxygen atoms in total. The molecule has 5 N–H and O–H groups in total. The third kappa shape index (κ3) is 17.2. The molecule has 1 aliphatic carbocycles. The lowest BCUT2D eigenvalue weighted by Gasteiger charge is -2.37. The van der Waals surface area contributed by atoms with Crippen molar-refractivity contribution in [3.63, 3.8) is 0 Å². The van der Waals surface area contributed by atoms with Gasteiger partial charge in [-0.15, -0.1) is 0 Å². The first-order valence-corrected chi connectivity index (χ1v) is 34.6. The second-order valence-corrected chi connectivity index (χ2v) is 25.6. The van der Waals surface area contributed by atoms with Crippen molar-refractivity contribution in [1.29, 1.82) is 21.3 Å². The number of hydrogen-bond acceptors (Lipinski definition) is 22. The fourth-order valence-corrected chi connectivity index (χ4v) is 13.5. The molecule has 6 aromatic carbocycles. The van der Waals surface area contributed by atoms with Crippen molar-refractivity contribution >= 4 is 47.1 Å². The van der Waals surface area contributed by atoms with Crippen LogP contribution in [0, 0.1) is 39.4 Å². The van der Waals surface area contributed by atoms with E-state index < -0.39 is 18.0 Å². The van der Waals surface area contributed by atoms with Gasteiger partial charge in [0.05, 0.1) is 84.4 Å². The molecule has 524 valence electrons. The smallest absolute Gasteiger partial charge is 0.350 e. The van der Waals surface area contributed by atoms with Gasteiger partial charge in [-0.2, -0.15) is 30.9 Å². The summed E-state index contributed by atoms with van der Waals surface area (Å²) < 4.78 is 37.7.